The van der Waals surface area contributed by atoms with Crippen LogP contribution in [0.3, 0.4) is 0 Å². The van der Waals surface area contributed by atoms with Crippen LogP contribution in [0.1, 0.15) is 5.56 Å². The molecule has 2 aromatic rings. The minimum absolute atomic E-state index is 0.244. The van der Waals surface area contributed by atoms with Crippen LogP contribution in [0.2, 0.25) is 0 Å². The zero-order valence-corrected chi connectivity index (χ0v) is 13.6. The molecular formula is C18H18O6. The van der Waals surface area contributed by atoms with Crippen LogP contribution in [0, 0.1) is 0 Å². The van der Waals surface area contributed by atoms with Crippen molar-refractivity contribution in [2.45, 2.75) is 0 Å². The normalized spacial score (nSPS) is 10.9. The molecule has 0 radical (unpaired) electrons. The third-order valence-electron chi connectivity index (χ3n) is 3.21. The largest absolute Gasteiger partial charge is 0.493 e. The molecule has 6 heteroatoms. The minimum atomic E-state index is -1.20. The molecule has 0 spiro atoms. The molecular weight excluding hydrogens is 312 g/mol. The van der Waals surface area contributed by atoms with E-state index in [1.54, 1.807) is 42.5 Å². The van der Waals surface area contributed by atoms with Crippen molar-refractivity contribution in [2.75, 3.05) is 21.3 Å². The van der Waals surface area contributed by atoms with Crippen LogP contribution in [0.5, 0.6) is 23.0 Å². The van der Waals surface area contributed by atoms with Crippen molar-refractivity contribution in [2.24, 2.45) is 0 Å². The summed E-state index contributed by atoms with van der Waals surface area (Å²) in [6.07, 6.45) is 1.40. The molecule has 0 unspecified atom stereocenters. The van der Waals surface area contributed by atoms with Crippen molar-refractivity contribution in [1.29, 1.82) is 0 Å². The number of ether oxygens (including phenoxy) is 4. The highest BCUT2D eigenvalue weighted by Crippen LogP contribution is 2.30. The van der Waals surface area contributed by atoms with E-state index in [4.69, 9.17) is 18.9 Å². The molecule has 0 aromatic heterocycles. The second-order valence-electron chi connectivity index (χ2n) is 4.68. The quantitative estimate of drug-likeness (QED) is 0.621. The Morgan fingerprint density at radius 2 is 1.46 bits per heavy atom. The summed E-state index contributed by atoms with van der Waals surface area (Å²) in [4.78, 5) is 11.5. The summed E-state index contributed by atoms with van der Waals surface area (Å²) in [6, 6.07) is 11.9. The van der Waals surface area contributed by atoms with E-state index in [0.717, 1.165) is 0 Å². The van der Waals surface area contributed by atoms with E-state index in [0.29, 0.717) is 28.6 Å². The molecule has 0 aliphatic heterocycles. The maximum absolute atomic E-state index is 11.5. The Kier molecular flexibility index (Phi) is 5.68. The lowest BCUT2D eigenvalue weighted by atomic mass is 10.1. The summed E-state index contributed by atoms with van der Waals surface area (Å²) in [5.74, 6) is 0.360. The van der Waals surface area contributed by atoms with Gasteiger partial charge in [0.05, 0.1) is 21.3 Å². The van der Waals surface area contributed by atoms with Gasteiger partial charge in [-0.25, -0.2) is 4.79 Å². The van der Waals surface area contributed by atoms with E-state index in [1.807, 2.05) is 0 Å². The molecule has 0 saturated heterocycles. The second kappa shape index (κ2) is 7.92. The standard InChI is InChI=1S/C18H18O6/c1-21-13-6-4-5-7-15(13)24-17(18(19)20)11-12-8-9-14(22-2)16(10-12)23-3/h4-11H,1-3H3,(H,19,20)/b17-11-. The molecule has 0 aliphatic carbocycles. The highest BCUT2D eigenvalue weighted by Gasteiger charge is 2.14. The van der Waals surface area contributed by atoms with Crippen LogP contribution >= 0.6 is 0 Å². The number of carboxylic acid groups (broad SMARTS) is 1. The molecule has 0 amide bonds. The Morgan fingerprint density at radius 3 is 2.04 bits per heavy atom. The topological polar surface area (TPSA) is 74.2 Å². The van der Waals surface area contributed by atoms with Gasteiger partial charge in [0.25, 0.3) is 0 Å². The summed E-state index contributed by atoms with van der Waals surface area (Å²) < 4.78 is 21.0. The second-order valence-corrected chi connectivity index (χ2v) is 4.68. The van der Waals surface area contributed by atoms with Crippen LogP contribution < -0.4 is 18.9 Å². The number of methoxy groups -OCH3 is 3. The predicted octanol–water partition coefficient (Wildman–Crippen LogP) is 3.22. The first-order valence-corrected chi connectivity index (χ1v) is 7.07. The van der Waals surface area contributed by atoms with Gasteiger partial charge in [-0.1, -0.05) is 18.2 Å². The summed E-state index contributed by atoms with van der Waals surface area (Å²) in [5.41, 5.74) is 0.597. The van der Waals surface area contributed by atoms with E-state index < -0.39 is 5.97 Å². The fourth-order valence-corrected chi connectivity index (χ4v) is 2.05. The zero-order chi connectivity index (χ0) is 17.5. The van der Waals surface area contributed by atoms with E-state index in [1.165, 1.54) is 27.4 Å². The highest BCUT2D eigenvalue weighted by molar-refractivity contribution is 5.90. The molecule has 0 atom stereocenters. The minimum Gasteiger partial charge on any atom is -0.493 e. The molecule has 0 aliphatic rings. The molecule has 24 heavy (non-hydrogen) atoms. The van der Waals surface area contributed by atoms with Crippen molar-refractivity contribution in [3.63, 3.8) is 0 Å². The van der Waals surface area contributed by atoms with Gasteiger partial charge in [0.2, 0.25) is 5.76 Å². The van der Waals surface area contributed by atoms with Crippen LogP contribution in [0.15, 0.2) is 48.2 Å². The number of hydrogen-bond donors (Lipinski definition) is 1. The fraction of sp³-hybridized carbons (Fsp3) is 0.167. The SMILES string of the molecule is COc1ccc(/C=C(\Oc2ccccc2OC)C(=O)O)cc1OC. The summed E-state index contributed by atoms with van der Waals surface area (Å²) >= 11 is 0. The zero-order valence-electron chi connectivity index (χ0n) is 13.6. The first-order chi connectivity index (χ1) is 11.6. The number of rotatable bonds is 7. The van der Waals surface area contributed by atoms with Crippen molar-refractivity contribution in [3.05, 3.63) is 53.8 Å². The molecule has 0 heterocycles. The Morgan fingerprint density at radius 1 is 0.875 bits per heavy atom. The summed E-state index contributed by atoms with van der Waals surface area (Å²) in [6.45, 7) is 0. The van der Waals surface area contributed by atoms with Gasteiger partial charge in [-0.3, -0.25) is 0 Å². The number of para-hydroxylation sites is 2. The monoisotopic (exact) mass is 330 g/mol. The van der Waals surface area contributed by atoms with Crippen LogP contribution in [0.4, 0.5) is 0 Å². The highest BCUT2D eigenvalue weighted by atomic mass is 16.5. The maximum atomic E-state index is 11.5. The Balaban J connectivity index is 2.37. The third-order valence-corrected chi connectivity index (χ3v) is 3.21. The molecule has 0 bridgehead atoms. The molecule has 126 valence electrons. The van der Waals surface area contributed by atoms with Gasteiger partial charge in [0.15, 0.2) is 23.0 Å². The third kappa shape index (κ3) is 3.98. The van der Waals surface area contributed by atoms with Crippen LogP contribution in [0.25, 0.3) is 6.08 Å². The first kappa shape index (κ1) is 17.2. The smallest absolute Gasteiger partial charge is 0.371 e. The molecule has 0 saturated carbocycles. The van der Waals surface area contributed by atoms with Gasteiger partial charge in [-0.15, -0.1) is 0 Å². The van der Waals surface area contributed by atoms with Gasteiger partial charge < -0.3 is 24.1 Å². The van der Waals surface area contributed by atoms with E-state index in [2.05, 4.69) is 0 Å². The summed E-state index contributed by atoms with van der Waals surface area (Å²) in [7, 11) is 4.52. The average Bonchev–Trinajstić information content (AvgIpc) is 2.61. The number of carboxylic acids is 1. The van der Waals surface area contributed by atoms with E-state index in [9.17, 15) is 9.90 Å². The van der Waals surface area contributed by atoms with Crippen molar-refractivity contribution >= 4 is 12.0 Å². The molecule has 2 rings (SSSR count). The Bertz CT molecular complexity index is 751. The number of hydrogen-bond acceptors (Lipinski definition) is 5. The number of aliphatic carboxylic acids is 1. The lowest BCUT2D eigenvalue weighted by Crippen LogP contribution is -2.08. The lowest BCUT2D eigenvalue weighted by Gasteiger charge is -2.11. The first-order valence-electron chi connectivity index (χ1n) is 7.07. The van der Waals surface area contributed by atoms with Crippen LogP contribution in [-0.4, -0.2) is 32.4 Å². The van der Waals surface area contributed by atoms with E-state index >= 15 is 0 Å². The van der Waals surface area contributed by atoms with Crippen molar-refractivity contribution in [1.82, 2.24) is 0 Å². The predicted molar refractivity (Wildman–Crippen MR) is 88.8 cm³/mol. The molecule has 0 fully saturated rings. The van der Waals surface area contributed by atoms with Gasteiger partial charge in [-0.05, 0) is 35.9 Å². The number of benzene rings is 2. The lowest BCUT2D eigenvalue weighted by molar-refractivity contribution is -0.134. The van der Waals surface area contributed by atoms with Gasteiger partial charge in [0, 0.05) is 0 Å². The van der Waals surface area contributed by atoms with Crippen LogP contribution in [-0.2, 0) is 4.79 Å². The molecule has 6 nitrogen and oxygen atoms in total. The van der Waals surface area contributed by atoms with Crippen molar-refractivity contribution < 1.29 is 28.8 Å². The molecule has 1 N–H and O–H groups in total. The average molecular weight is 330 g/mol. The Hall–Kier alpha value is -3.15. The molecule has 2 aromatic carbocycles. The summed E-state index contributed by atoms with van der Waals surface area (Å²) in [5, 5.41) is 9.40. The van der Waals surface area contributed by atoms with Gasteiger partial charge in [-0.2, -0.15) is 0 Å². The van der Waals surface area contributed by atoms with Gasteiger partial charge >= 0.3 is 5.97 Å². The maximum Gasteiger partial charge on any atom is 0.371 e. The Labute approximate surface area is 139 Å². The van der Waals surface area contributed by atoms with E-state index in [-0.39, 0.29) is 5.76 Å². The number of carbonyl (C=O) groups is 1. The van der Waals surface area contributed by atoms with Gasteiger partial charge in [0.1, 0.15) is 0 Å². The van der Waals surface area contributed by atoms with Crippen molar-refractivity contribution in [3.8, 4) is 23.0 Å². The fourth-order valence-electron chi connectivity index (χ4n) is 2.05.